The SMILES string of the molecule is Nc1c(Br)cc(C(=O)CC(NC(=O)CN2CCC(N3CCCCC3)CC2)C(=O)N2CCC(N3CCc4ccccc4NC3=O)CC2)cc1Br. The molecule has 264 valence electrons. The van der Waals surface area contributed by atoms with Gasteiger partial charge in [0.25, 0.3) is 0 Å². The summed E-state index contributed by atoms with van der Waals surface area (Å²) in [6, 6.07) is 10.6. The predicted octanol–water partition coefficient (Wildman–Crippen LogP) is 4.88. The Morgan fingerprint density at radius 1 is 0.878 bits per heavy atom. The first-order valence-electron chi connectivity index (χ1n) is 17.6. The molecule has 4 N–H and O–H groups in total. The van der Waals surface area contributed by atoms with Crippen molar-refractivity contribution in [1.29, 1.82) is 0 Å². The van der Waals surface area contributed by atoms with Crippen LogP contribution < -0.4 is 16.4 Å². The van der Waals surface area contributed by atoms with Crippen LogP contribution in [0.2, 0.25) is 0 Å². The Balaban J connectivity index is 1.08. The number of rotatable bonds is 9. The third-order valence-corrected chi connectivity index (χ3v) is 11.9. The Bertz CT molecular complexity index is 1510. The molecule has 2 aromatic rings. The number of anilines is 2. The molecule has 0 saturated carbocycles. The Hall–Kier alpha value is -3.00. The molecule has 4 amide bonds. The molecule has 0 bridgehead atoms. The molecule has 4 heterocycles. The smallest absolute Gasteiger partial charge is 0.322 e. The van der Waals surface area contributed by atoms with Gasteiger partial charge in [-0.3, -0.25) is 19.3 Å². The highest BCUT2D eigenvalue weighted by atomic mass is 79.9. The maximum atomic E-state index is 14.1. The van der Waals surface area contributed by atoms with Gasteiger partial charge < -0.3 is 31.1 Å². The van der Waals surface area contributed by atoms with Crippen LogP contribution in [0.1, 0.15) is 67.3 Å². The van der Waals surface area contributed by atoms with Crippen molar-refractivity contribution in [1.82, 2.24) is 24.9 Å². The molecule has 0 radical (unpaired) electrons. The number of carbonyl (C=O) groups excluding carboxylic acids is 4. The van der Waals surface area contributed by atoms with Crippen molar-refractivity contribution >= 4 is 66.9 Å². The lowest BCUT2D eigenvalue weighted by atomic mass is 9.99. The molecule has 0 aromatic heterocycles. The number of ketones is 1. The fourth-order valence-electron chi connectivity index (χ4n) is 7.77. The van der Waals surface area contributed by atoms with E-state index in [-0.39, 0.29) is 42.6 Å². The molecule has 6 rings (SSSR count). The highest BCUT2D eigenvalue weighted by molar-refractivity contribution is 9.11. The largest absolute Gasteiger partial charge is 0.397 e. The van der Waals surface area contributed by atoms with Crippen LogP contribution in [0.4, 0.5) is 16.2 Å². The molecule has 4 aliphatic heterocycles. The summed E-state index contributed by atoms with van der Waals surface area (Å²) in [4.78, 5) is 62.6. The monoisotopic (exact) mass is 799 g/mol. The molecular weight excluding hydrogens is 754 g/mol. The summed E-state index contributed by atoms with van der Waals surface area (Å²) in [5.74, 6) is -0.790. The van der Waals surface area contributed by atoms with E-state index >= 15 is 0 Å². The van der Waals surface area contributed by atoms with Crippen molar-refractivity contribution in [2.45, 2.75) is 75.9 Å². The van der Waals surface area contributed by atoms with Gasteiger partial charge in [0, 0.05) is 71.4 Å². The molecule has 1 atom stereocenters. The molecule has 11 nitrogen and oxygen atoms in total. The van der Waals surface area contributed by atoms with E-state index in [9.17, 15) is 19.2 Å². The quantitative estimate of drug-likeness (QED) is 0.244. The molecule has 0 aliphatic carbocycles. The number of urea groups is 1. The fourth-order valence-corrected chi connectivity index (χ4v) is 8.96. The van der Waals surface area contributed by atoms with E-state index in [1.54, 1.807) is 17.0 Å². The Labute approximate surface area is 305 Å². The summed E-state index contributed by atoms with van der Waals surface area (Å²) < 4.78 is 1.15. The molecule has 13 heteroatoms. The predicted molar refractivity (Wildman–Crippen MR) is 197 cm³/mol. The van der Waals surface area contributed by atoms with Gasteiger partial charge >= 0.3 is 6.03 Å². The van der Waals surface area contributed by atoms with E-state index in [2.05, 4.69) is 52.3 Å². The summed E-state index contributed by atoms with van der Waals surface area (Å²) in [6.45, 7) is 5.68. The van der Waals surface area contributed by atoms with Crippen LogP contribution in [0.25, 0.3) is 0 Å². The minimum atomic E-state index is -1.01. The van der Waals surface area contributed by atoms with Crippen molar-refractivity contribution in [2.24, 2.45) is 0 Å². The highest BCUT2D eigenvalue weighted by Crippen LogP contribution is 2.31. The van der Waals surface area contributed by atoms with E-state index in [1.807, 2.05) is 29.2 Å². The number of amides is 4. The minimum absolute atomic E-state index is 0.00891. The zero-order chi connectivity index (χ0) is 34.5. The van der Waals surface area contributed by atoms with Crippen LogP contribution in [-0.2, 0) is 16.0 Å². The van der Waals surface area contributed by atoms with Crippen molar-refractivity contribution in [2.75, 3.05) is 63.4 Å². The summed E-state index contributed by atoms with van der Waals surface area (Å²) >= 11 is 6.82. The third kappa shape index (κ3) is 8.84. The van der Waals surface area contributed by atoms with Crippen LogP contribution in [0.3, 0.4) is 0 Å². The van der Waals surface area contributed by atoms with Gasteiger partial charge in [-0.15, -0.1) is 0 Å². The van der Waals surface area contributed by atoms with Crippen LogP contribution in [0.15, 0.2) is 45.3 Å². The number of fused-ring (bicyclic) bond motifs is 1. The van der Waals surface area contributed by atoms with Crippen LogP contribution in [-0.4, -0.2) is 114 Å². The average molecular weight is 802 g/mol. The number of nitrogens with one attached hydrogen (secondary N) is 2. The molecule has 3 fully saturated rings. The summed E-state index contributed by atoms with van der Waals surface area (Å²) in [6.07, 6.45) is 7.74. The van der Waals surface area contributed by atoms with Crippen LogP contribution >= 0.6 is 31.9 Å². The second-order valence-corrected chi connectivity index (χ2v) is 15.5. The van der Waals surface area contributed by atoms with Gasteiger partial charge in [-0.05, 0) is 114 Å². The first kappa shape index (κ1) is 35.8. The molecule has 3 saturated heterocycles. The second kappa shape index (κ2) is 16.3. The Morgan fingerprint density at radius 2 is 1.53 bits per heavy atom. The summed E-state index contributed by atoms with van der Waals surface area (Å²) in [7, 11) is 0. The van der Waals surface area contributed by atoms with Crippen molar-refractivity contribution in [3.8, 4) is 0 Å². The number of para-hydroxylation sites is 1. The first-order chi connectivity index (χ1) is 23.7. The number of likely N-dealkylation sites (tertiary alicyclic amines) is 3. The summed E-state index contributed by atoms with van der Waals surface area (Å²) in [5, 5.41) is 6.00. The lowest BCUT2D eigenvalue weighted by Crippen LogP contribution is -2.56. The van der Waals surface area contributed by atoms with Gasteiger partial charge in [0.1, 0.15) is 6.04 Å². The highest BCUT2D eigenvalue weighted by Gasteiger charge is 2.35. The van der Waals surface area contributed by atoms with Gasteiger partial charge in [-0.25, -0.2) is 4.79 Å². The standard InChI is InChI=1S/C36H47Br2N7O4/c37-28-20-25(21-29(38)34(28)39)32(46)22-31(40-33(47)23-42-15-9-26(10-16-42)43-13-4-1-5-14-43)35(48)44-17-11-27(12-18-44)45-19-8-24-6-2-3-7-30(24)41-36(45)49/h2-3,6-7,20-21,26-27,31H,1,4-5,8-19,22-23,39H2,(H,40,47)(H,41,49). The van der Waals surface area contributed by atoms with Gasteiger partial charge in [0.15, 0.2) is 5.78 Å². The van der Waals surface area contributed by atoms with Crippen LogP contribution in [0.5, 0.6) is 0 Å². The Kier molecular flexibility index (Phi) is 11.9. The van der Waals surface area contributed by atoms with Gasteiger partial charge in [-0.2, -0.15) is 0 Å². The fraction of sp³-hybridized carbons (Fsp3) is 0.556. The number of halogens is 2. The average Bonchev–Trinajstić information content (AvgIpc) is 3.28. The van der Waals surface area contributed by atoms with E-state index in [0.29, 0.717) is 58.7 Å². The summed E-state index contributed by atoms with van der Waals surface area (Å²) in [5.41, 5.74) is 8.88. The minimum Gasteiger partial charge on any atom is -0.397 e. The number of nitrogens with zero attached hydrogens (tertiary/aromatic N) is 4. The normalized spacial score (nSPS) is 20.7. The van der Waals surface area contributed by atoms with Crippen molar-refractivity contribution in [3.05, 3.63) is 56.5 Å². The maximum absolute atomic E-state index is 14.1. The second-order valence-electron chi connectivity index (χ2n) is 13.8. The molecule has 1 unspecified atom stereocenters. The van der Waals surface area contributed by atoms with Crippen molar-refractivity contribution < 1.29 is 19.2 Å². The van der Waals surface area contributed by atoms with E-state index in [4.69, 9.17) is 5.73 Å². The molecule has 49 heavy (non-hydrogen) atoms. The molecular formula is C36H47Br2N7O4. The number of benzene rings is 2. The molecule has 2 aromatic carbocycles. The van der Waals surface area contributed by atoms with Crippen LogP contribution in [0, 0.1) is 0 Å². The number of piperidine rings is 3. The number of nitrogen functional groups attached to an aromatic ring is 1. The van der Waals surface area contributed by atoms with Gasteiger partial charge in [0.05, 0.1) is 12.2 Å². The van der Waals surface area contributed by atoms with E-state index in [1.165, 1.54) is 32.4 Å². The molecule has 4 aliphatic rings. The van der Waals surface area contributed by atoms with Gasteiger partial charge in [0.2, 0.25) is 11.8 Å². The van der Waals surface area contributed by atoms with E-state index in [0.717, 1.165) is 43.6 Å². The number of carbonyl (C=O) groups is 4. The third-order valence-electron chi connectivity index (χ3n) is 10.6. The zero-order valence-corrected chi connectivity index (χ0v) is 31.1. The lowest BCUT2D eigenvalue weighted by molar-refractivity contribution is -0.138. The van der Waals surface area contributed by atoms with Gasteiger partial charge in [-0.1, -0.05) is 24.6 Å². The lowest BCUT2D eigenvalue weighted by Gasteiger charge is -2.40. The topological polar surface area (TPSA) is 131 Å². The van der Waals surface area contributed by atoms with E-state index < -0.39 is 6.04 Å². The number of Topliss-reactive ketones (excluding diaryl/α,β-unsaturated/α-hetero) is 1. The number of hydrogen-bond acceptors (Lipinski definition) is 7. The Morgan fingerprint density at radius 3 is 2.22 bits per heavy atom. The van der Waals surface area contributed by atoms with Crippen molar-refractivity contribution in [3.63, 3.8) is 0 Å². The zero-order valence-electron chi connectivity index (χ0n) is 28.0. The number of nitrogens with two attached hydrogens (primary N) is 1. The maximum Gasteiger partial charge on any atom is 0.322 e. The first-order valence-corrected chi connectivity index (χ1v) is 19.2. The number of hydrogen-bond donors (Lipinski definition) is 3. The molecule has 0 spiro atoms.